The fourth-order valence-corrected chi connectivity index (χ4v) is 4.09. The molecule has 2 saturated heterocycles. The number of anilines is 1. The van der Waals surface area contributed by atoms with E-state index < -0.39 is 14.9 Å². The van der Waals surface area contributed by atoms with Gasteiger partial charge in [0.05, 0.1) is 16.0 Å². The average molecular weight is 370 g/mol. The Bertz CT molecular complexity index is 763. The highest BCUT2D eigenvalue weighted by Crippen LogP contribution is 2.34. The molecule has 10 nitrogen and oxygen atoms in total. The molecule has 0 saturated carbocycles. The highest BCUT2D eigenvalue weighted by atomic mass is 32.2. The molecule has 0 aliphatic carbocycles. The van der Waals surface area contributed by atoms with Crippen LogP contribution in [0, 0.1) is 16.0 Å². The van der Waals surface area contributed by atoms with E-state index in [9.17, 15) is 18.5 Å². The number of hydrazine groups is 1. The zero-order chi connectivity index (χ0) is 18.2. The van der Waals surface area contributed by atoms with E-state index in [1.807, 2.05) is 4.90 Å². The van der Waals surface area contributed by atoms with Gasteiger partial charge in [0, 0.05) is 25.2 Å². The number of nitrogens with one attached hydrogen (secondary N) is 2. The number of hydrogen-bond donors (Lipinski definition) is 4. The van der Waals surface area contributed by atoms with Gasteiger partial charge in [-0.2, -0.15) is 0 Å². The Labute approximate surface area is 145 Å². The highest BCUT2D eigenvalue weighted by Gasteiger charge is 2.33. The van der Waals surface area contributed by atoms with Crippen molar-refractivity contribution in [3.63, 3.8) is 0 Å². The summed E-state index contributed by atoms with van der Waals surface area (Å²) in [5, 5.41) is 16.4. The van der Waals surface area contributed by atoms with E-state index in [1.165, 1.54) is 12.1 Å². The summed E-state index contributed by atoms with van der Waals surface area (Å²) in [5.41, 5.74) is 12.2. The van der Waals surface area contributed by atoms with Crippen molar-refractivity contribution < 1.29 is 13.3 Å². The monoisotopic (exact) mass is 370 g/mol. The first-order valence-corrected chi connectivity index (χ1v) is 9.63. The largest absolute Gasteiger partial charge is 0.366 e. The number of nitro benzene ring substituents is 1. The molecular formula is C14H22N6O4S. The van der Waals surface area contributed by atoms with Crippen molar-refractivity contribution in [3.8, 4) is 0 Å². The molecule has 1 aromatic carbocycles. The van der Waals surface area contributed by atoms with Crippen LogP contribution in [0.25, 0.3) is 0 Å². The van der Waals surface area contributed by atoms with Gasteiger partial charge >= 0.3 is 0 Å². The molecule has 2 aliphatic heterocycles. The van der Waals surface area contributed by atoms with Crippen molar-refractivity contribution in [1.82, 2.24) is 10.9 Å². The zero-order valence-electron chi connectivity index (χ0n) is 13.6. The van der Waals surface area contributed by atoms with Crippen LogP contribution in [0.5, 0.6) is 0 Å². The van der Waals surface area contributed by atoms with Gasteiger partial charge < -0.3 is 10.6 Å². The molecule has 3 rings (SSSR count). The number of rotatable bonds is 4. The lowest BCUT2D eigenvalue weighted by Crippen LogP contribution is -2.43. The van der Waals surface area contributed by atoms with Crippen LogP contribution < -0.4 is 26.6 Å². The fourth-order valence-electron chi connectivity index (χ4n) is 3.55. The lowest BCUT2D eigenvalue weighted by molar-refractivity contribution is -0.384. The van der Waals surface area contributed by atoms with Gasteiger partial charge in [0.1, 0.15) is 5.69 Å². The predicted molar refractivity (Wildman–Crippen MR) is 92.1 cm³/mol. The van der Waals surface area contributed by atoms with Crippen LogP contribution in [0.4, 0.5) is 11.4 Å². The van der Waals surface area contributed by atoms with E-state index >= 15 is 0 Å². The van der Waals surface area contributed by atoms with E-state index in [1.54, 1.807) is 0 Å². The second kappa shape index (κ2) is 6.84. The Balaban J connectivity index is 1.75. The number of nitrogens with two attached hydrogens (primary N) is 2. The van der Waals surface area contributed by atoms with Gasteiger partial charge in [0.15, 0.2) is 0 Å². The van der Waals surface area contributed by atoms with E-state index in [0.717, 1.165) is 25.3 Å². The van der Waals surface area contributed by atoms with Crippen LogP contribution in [0.1, 0.15) is 19.3 Å². The Morgan fingerprint density at radius 3 is 2.44 bits per heavy atom. The Kier molecular flexibility index (Phi) is 4.93. The summed E-state index contributed by atoms with van der Waals surface area (Å²) in [7, 11) is -3.98. The first kappa shape index (κ1) is 18.0. The van der Waals surface area contributed by atoms with Gasteiger partial charge in [-0.05, 0) is 37.3 Å². The zero-order valence-corrected chi connectivity index (χ0v) is 14.4. The fraction of sp³-hybridized carbons (Fsp3) is 0.571. The molecule has 6 N–H and O–H groups in total. The normalized spacial score (nSPS) is 25.3. The van der Waals surface area contributed by atoms with Crippen LogP contribution in [0.3, 0.4) is 0 Å². The van der Waals surface area contributed by atoms with Gasteiger partial charge in [-0.25, -0.2) is 19.0 Å². The second-order valence-corrected chi connectivity index (χ2v) is 8.08. The van der Waals surface area contributed by atoms with Crippen LogP contribution in [0.2, 0.25) is 0 Å². The third kappa shape index (κ3) is 3.90. The molecule has 1 aromatic rings. The number of sulfonamides is 1. The summed E-state index contributed by atoms with van der Waals surface area (Å²) in [4.78, 5) is 12.5. The molecule has 25 heavy (non-hydrogen) atoms. The number of nitrogens with zero attached hydrogens (tertiary/aromatic N) is 2. The van der Waals surface area contributed by atoms with Crippen LogP contribution in [-0.2, 0) is 10.0 Å². The van der Waals surface area contributed by atoms with Crippen molar-refractivity contribution in [2.24, 2.45) is 16.8 Å². The molecule has 11 heteroatoms. The quantitative estimate of drug-likeness (QED) is 0.412. The van der Waals surface area contributed by atoms with Crippen molar-refractivity contribution in [1.29, 1.82) is 0 Å². The van der Waals surface area contributed by atoms with E-state index in [4.69, 9.17) is 10.9 Å². The smallest absolute Gasteiger partial charge is 0.293 e. The molecule has 2 unspecified atom stereocenters. The predicted octanol–water partition coefficient (Wildman–Crippen LogP) is -0.390. The third-order valence-corrected chi connectivity index (χ3v) is 5.79. The van der Waals surface area contributed by atoms with Crippen LogP contribution in [0.15, 0.2) is 23.1 Å². The molecule has 2 aliphatic rings. The van der Waals surface area contributed by atoms with Gasteiger partial charge in [-0.15, -0.1) is 0 Å². The first-order chi connectivity index (χ1) is 11.8. The van der Waals surface area contributed by atoms with Crippen LogP contribution >= 0.6 is 0 Å². The lowest BCUT2D eigenvalue weighted by Gasteiger charge is -2.35. The molecule has 138 valence electrons. The summed E-state index contributed by atoms with van der Waals surface area (Å²) in [5.74, 6) is 0.444. The van der Waals surface area contributed by atoms with Crippen molar-refractivity contribution in [3.05, 3.63) is 28.3 Å². The molecule has 2 atom stereocenters. The molecular weight excluding hydrogens is 348 g/mol. The van der Waals surface area contributed by atoms with E-state index in [0.29, 0.717) is 30.7 Å². The summed E-state index contributed by atoms with van der Waals surface area (Å²) in [6.07, 6.45) is 2.56. The standard InChI is InChI=1S/C14H22N6O4S/c15-14-8-11(17-18-14)9-3-5-19(6-4-9)12-2-1-10(25(16,23)24)7-13(12)20(21)22/h1-2,7,9,11,14,17-18H,3-6,8,15H2,(H2,16,23,24). The molecule has 2 heterocycles. The van der Waals surface area contributed by atoms with Crippen molar-refractivity contribution in [2.75, 3.05) is 18.0 Å². The van der Waals surface area contributed by atoms with Gasteiger partial charge in [0.2, 0.25) is 10.0 Å². The maximum atomic E-state index is 11.4. The number of piperidine rings is 1. The van der Waals surface area contributed by atoms with Gasteiger partial charge in [-0.3, -0.25) is 15.5 Å². The van der Waals surface area contributed by atoms with Gasteiger partial charge in [-0.1, -0.05) is 0 Å². The molecule has 0 aromatic heterocycles. The maximum Gasteiger partial charge on any atom is 0.293 e. The minimum atomic E-state index is -3.98. The maximum absolute atomic E-state index is 11.4. The summed E-state index contributed by atoms with van der Waals surface area (Å²) < 4.78 is 22.9. The number of primary sulfonamides is 1. The number of nitro groups is 1. The Morgan fingerprint density at radius 2 is 1.92 bits per heavy atom. The first-order valence-electron chi connectivity index (χ1n) is 8.08. The van der Waals surface area contributed by atoms with Gasteiger partial charge in [0.25, 0.3) is 5.69 Å². The minimum Gasteiger partial charge on any atom is -0.366 e. The summed E-state index contributed by atoms with van der Waals surface area (Å²) in [6.45, 7) is 1.32. The van der Waals surface area contributed by atoms with E-state index in [-0.39, 0.29) is 16.7 Å². The van der Waals surface area contributed by atoms with Crippen molar-refractivity contribution >= 4 is 21.4 Å². The minimum absolute atomic E-state index is 0.0464. The number of hydrogen-bond acceptors (Lipinski definition) is 8. The molecule has 0 amide bonds. The van der Waals surface area contributed by atoms with Crippen molar-refractivity contribution in [2.45, 2.75) is 36.4 Å². The lowest BCUT2D eigenvalue weighted by atomic mass is 9.88. The summed E-state index contributed by atoms with van der Waals surface area (Å²) in [6, 6.07) is 4.10. The SMILES string of the molecule is NC1CC(C2CCN(c3ccc(S(N)(=O)=O)cc3[N+](=O)[O-])CC2)NN1. The molecule has 0 bridgehead atoms. The van der Waals surface area contributed by atoms with Crippen LogP contribution in [-0.4, -0.2) is 38.6 Å². The highest BCUT2D eigenvalue weighted by molar-refractivity contribution is 7.89. The number of benzene rings is 1. The third-order valence-electron chi connectivity index (χ3n) is 4.88. The Morgan fingerprint density at radius 1 is 1.24 bits per heavy atom. The summed E-state index contributed by atoms with van der Waals surface area (Å²) >= 11 is 0. The molecule has 2 fully saturated rings. The van der Waals surface area contributed by atoms with E-state index in [2.05, 4.69) is 10.9 Å². The molecule has 0 spiro atoms. The average Bonchev–Trinajstić information content (AvgIpc) is 3.00. The molecule has 0 radical (unpaired) electrons. The Hall–Kier alpha value is -1.79. The second-order valence-electron chi connectivity index (χ2n) is 6.51. The topological polar surface area (TPSA) is 157 Å².